The third-order valence-corrected chi connectivity index (χ3v) is 3.47. The van der Waals surface area contributed by atoms with E-state index < -0.39 is 0 Å². The molecule has 2 heteroatoms. The topological polar surface area (TPSA) is 23.5 Å². The summed E-state index contributed by atoms with van der Waals surface area (Å²) < 4.78 is 0. The number of hydrogen-bond acceptors (Lipinski definition) is 2. The molecule has 1 aliphatic rings. The number of nitrogens with zero attached hydrogens (tertiary/aromatic N) is 1. The first kappa shape index (κ1) is 10.5. The normalized spacial score (nSPS) is 20.3. The van der Waals surface area contributed by atoms with Gasteiger partial charge in [-0.2, -0.15) is 0 Å². The lowest BCUT2D eigenvalue weighted by atomic mass is 9.81. The maximum absolute atomic E-state index is 9.29. The molecule has 0 radical (unpaired) electrons. The molecule has 0 amide bonds. The summed E-state index contributed by atoms with van der Waals surface area (Å²) in [6.45, 7) is 4.60. The van der Waals surface area contributed by atoms with Gasteiger partial charge in [0.25, 0.3) is 0 Å². The number of anilines is 1. The summed E-state index contributed by atoms with van der Waals surface area (Å²) in [6.07, 6.45) is 2.16. The molecular weight excluding hydrogens is 186 g/mol. The van der Waals surface area contributed by atoms with E-state index >= 15 is 0 Å². The summed E-state index contributed by atoms with van der Waals surface area (Å²) >= 11 is 0. The van der Waals surface area contributed by atoms with E-state index in [2.05, 4.69) is 36.1 Å². The average Bonchev–Trinajstić information content (AvgIpc) is 2.31. The second-order valence-corrected chi connectivity index (χ2v) is 4.79. The standard InChI is InChI=1S/C13H19NO/c1-13(11-15)7-9-14(10-8-13)12-5-3-2-4-6-12/h2-6,15H,7-11H2,1H3. The van der Waals surface area contributed by atoms with E-state index in [9.17, 15) is 5.11 Å². The summed E-state index contributed by atoms with van der Waals surface area (Å²) in [7, 11) is 0. The fourth-order valence-corrected chi connectivity index (χ4v) is 2.10. The molecule has 0 aromatic heterocycles. The first-order valence-electron chi connectivity index (χ1n) is 5.64. The highest BCUT2D eigenvalue weighted by Crippen LogP contribution is 2.32. The minimum atomic E-state index is 0.144. The van der Waals surface area contributed by atoms with Crippen LogP contribution >= 0.6 is 0 Å². The fraction of sp³-hybridized carbons (Fsp3) is 0.538. The predicted octanol–water partition coefficient (Wildman–Crippen LogP) is 2.29. The van der Waals surface area contributed by atoms with E-state index in [0.29, 0.717) is 6.61 Å². The van der Waals surface area contributed by atoms with Gasteiger partial charge in [0, 0.05) is 25.4 Å². The molecule has 1 heterocycles. The Kier molecular flexibility index (Phi) is 2.96. The molecule has 15 heavy (non-hydrogen) atoms. The first-order valence-corrected chi connectivity index (χ1v) is 5.64. The minimum absolute atomic E-state index is 0.144. The molecule has 0 saturated carbocycles. The monoisotopic (exact) mass is 205 g/mol. The third-order valence-electron chi connectivity index (χ3n) is 3.47. The van der Waals surface area contributed by atoms with Crippen molar-refractivity contribution in [1.82, 2.24) is 0 Å². The molecule has 0 atom stereocenters. The Morgan fingerprint density at radius 1 is 1.20 bits per heavy atom. The molecule has 1 aliphatic heterocycles. The second-order valence-electron chi connectivity index (χ2n) is 4.79. The van der Waals surface area contributed by atoms with Crippen LogP contribution in [0.5, 0.6) is 0 Å². The number of para-hydroxylation sites is 1. The van der Waals surface area contributed by atoms with E-state index in [1.54, 1.807) is 0 Å². The Hall–Kier alpha value is -1.02. The van der Waals surface area contributed by atoms with E-state index in [4.69, 9.17) is 0 Å². The van der Waals surface area contributed by atoms with Crippen LogP contribution in [0.25, 0.3) is 0 Å². The van der Waals surface area contributed by atoms with Gasteiger partial charge in [0.15, 0.2) is 0 Å². The van der Waals surface area contributed by atoms with Gasteiger partial charge in [-0.1, -0.05) is 25.1 Å². The molecular formula is C13H19NO. The zero-order valence-corrected chi connectivity index (χ0v) is 9.32. The maximum atomic E-state index is 9.29. The Balaban J connectivity index is 2.00. The van der Waals surface area contributed by atoms with Crippen molar-refractivity contribution in [1.29, 1.82) is 0 Å². The molecule has 0 aliphatic carbocycles. The average molecular weight is 205 g/mol. The van der Waals surface area contributed by atoms with Gasteiger partial charge in [-0.05, 0) is 30.4 Å². The largest absolute Gasteiger partial charge is 0.396 e. The molecule has 2 nitrogen and oxygen atoms in total. The molecule has 2 rings (SSSR count). The van der Waals surface area contributed by atoms with E-state index in [-0.39, 0.29) is 5.41 Å². The smallest absolute Gasteiger partial charge is 0.0486 e. The van der Waals surface area contributed by atoms with Gasteiger partial charge in [0.2, 0.25) is 0 Å². The quantitative estimate of drug-likeness (QED) is 0.800. The van der Waals surface area contributed by atoms with Gasteiger partial charge in [-0.25, -0.2) is 0 Å². The molecule has 1 saturated heterocycles. The number of hydrogen-bond donors (Lipinski definition) is 1. The Morgan fingerprint density at radius 2 is 1.80 bits per heavy atom. The van der Waals surface area contributed by atoms with E-state index in [0.717, 1.165) is 25.9 Å². The second kappa shape index (κ2) is 4.23. The van der Waals surface area contributed by atoms with Crippen LogP contribution in [-0.4, -0.2) is 24.8 Å². The van der Waals surface area contributed by atoms with Crippen molar-refractivity contribution < 1.29 is 5.11 Å². The van der Waals surface area contributed by atoms with Crippen molar-refractivity contribution in [3.05, 3.63) is 30.3 Å². The predicted molar refractivity (Wildman–Crippen MR) is 63.1 cm³/mol. The molecule has 0 bridgehead atoms. The Bertz CT molecular complexity index is 302. The van der Waals surface area contributed by atoms with Crippen molar-refractivity contribution in [3.63, 3.8) is 0 Å². The van der Waals surface area contributed by atoms with Crippen molar-refractivity contribution in [2.45, 2.75) is 19.8 Å². The van der Waals surface area contributed by atoms with Crippen LogP contribution in [0.1, 0.15) is 19.8 Å². The SMILES string of the molecule is CC1(CO)CCN(c2ccccc2)CC1. The first-order chi connectivity index (χ1) is 7.23. The van der Waals surface area contributed by atoms with E-state index in [1.807, 2.05) is 6.07 Å². The number of aliphatic hydroxyl groups is 1. The summed E-state index contributed by atoms with van der Waals surface area (Å²) in [6, 6.07) is 10.5. The van der Waals surface area contributed by atoms with Crippen LogP contribution in [0.2, 0.25) is 0 Å². The molecule has 1 aromatic carbocycles. The summed E-state index contributed by atoms with van der Waals surface area (Å²) in [5, 5.41) is 9.29. The summed E-state index contributed by atoms with van der Waals surface area (Å²) in [5.41, 5.74) is 1.45. The molecule has 1 N–H and O–H groups in total. The number of aliphatic hydroxyl groups excluding tert-OH is 1. The van der Waals surface area contributed by atoms with Gasteiger partial charge < -0.3 is 10.0 Å². The van der Waals surface area contributed by atoms with Crippen molar-refractivity contribution in [3.8, 4) is 0 Å². The maximum Gasteiger partial charge on any atom is 0.0486 e. The third kappa shape index (κ3) is 2.32. The van der Waals surface area contributed by atoms with Crippen molar-refractivity contribution in [2.24, 2.45) is 5.41 Å². The number of benzene rings is 1. The molecule has 1 aromatic rings. The minimum Gasteiger partial charge on any atom is -0.396 e. The van der Waals surface area contributed by atoms with Crippen LogP contribution in [0.15, 0.2) is 30.3 Å². The van der Waals surface area contributed by atoms with Gasteiger partial charge in [-0.15, -0.1) is 0 Å². The van der Waals surface area contributed by atoms with Crippen LogP contribution in [-0.2, 0) is 0 Å². The lowest BCUT2D eigenvalue weighted by Gasteiger charge is -2.39. The molecule has 1 fully saturated rings. The van der Waals surface area contributed by atoms with Crippen LogP contribution in [0, 0.1) is 5.41 Å². The van der Waals surface area contributed by atoms with Crippen LogP contribution < -0.4 is 4.90 Å². The number of piperidine rings is 1. The highest BCUT2D eigenvalue weighted by atomic mass is 16.3. The van der Waals surface area contributed by atoms with Gasteiger partial charge in [-0.3, -0.25) is 0 Å². The van der Waals surface area contributed by atoms with E-state index in [1.165, 1.54) is 5.69 Å². The lowest BCUT2D eigenvalue weighted by molar-refractivity contribution is 0.115. The zero-order chi connectivity index (χ0) is 10.7. The van der Waals surface area contributed by atoms with Gasteiger partial charge in [0.05, 0.1) is 0 Å². The molecule has 82 valence electrons. The highest BCUT2D eigenvalue weighted by molar-refractivity contribution is 5.46. The van der Waals surface area contributed by atoms with Crippen LogP contribution in [0.3, 0.4) is 0 Å². The fourth-order valence-electron chi connectivity index (χ4n) is 2.10. The Labute approximate surface area is 91.5 Å². The highest BCUT2D eigenvalue weighted by Gasteiger charge is 2.29. The molecule has 0 spiro atoms. The van der Waals surface area contributed by atoms with Crippen molar-refractivity contribution in [2.75, 3.05) is 24.6 Å². The number of rotatable bonds is 2. The zero-order valence-electron chi connectivity index (χ0n) is 9.32. The molecule has 0 unspecified atom stereocenters. The van der Waals surface area contributed by atoms with Crippen LogP contribution in [0.4, 0.5) is 5.69 Å². The van der Waals surface area contributed by atoms with Gasteiger partial charge in [0.1, 0.15) is 0 Å². The summed E-state index contributed by atoms with van der Waals surface area (Å²) in [4.78, 5) is 2.40. The van der Waals surface area contributed by atoms with Gasteiger partial charge >= 0.3 is 0 Å². The van der Waals surface area contributed by atoms with Crippen molar-refractivity contribution >= 4 is 5.69 Å². The lowest BCUT2D eigenvalue weighted by Crippen LogP contribution is -2.40. The Morgan fingerprint density at radius 3 is 2.33 bits per heavy atom. The summed E-state index contributed by atoms with van der Waals surface area (Å²) in [5.74, 6) is 0.